The highest BCUT2D eigenvalue weighted by Crippen LogP contribution is 2.23. The number of furan rings is 1. The van der Waals surface area contributed by atoms with Crippen molar-refractivity contribution in [2.45, 2.75) is 33.6 Å². The lowest BCUT2D eigenvalue weighted by molar-refractivity contribution is 0.0926. The molecule has 1 aromatic rings. The van der Waals surface area contributed by atoms with Gasteiger partial charge in [0.2, 0.25) is 0 Å². The van der Waals surface area contributed by atoms with E-state index in [1.165, 1.54) is 6.26 Å². The number of hydrogen-bond donors (Lipinski definition) is 2. The molecule has 3 N–H and O–H groups in total. The average Bonchev–Trinajstić information content (AvgIpc) is 2.78. The minimum absolute atomic E-state index is 0.00724. The maximum Gasteiger partial charge on any atom is 0.254 e. The van der Waals surface area contributed by atoms with Crippen LogP contribution in [0.25, 0.3) is 0 Å². The lowest BCUT2D eigenvalue weighted by atomic mass is 9.82. The number of carbonyl (C=O) groups excluding carboxylic acids is 1. The molecule has 17 heavy (non-hydrogen) atoms. The van der Waals surface area contributed by atoms with Crippen LogP contribution in [0.5, 0.6) is 0 Å². The van der Waals surface area contributed by atoms with E-state index in [2.05, 4.69) is 19.2 Å². The summed E-state index contributed by atoms with van der Waals surface area (Å²) < 4.78 is 5.11. The molecule has 4 heteroatoms. The Morgan fingerprint density at radius 2 is 2.12 bits per heavy atom. The molecule has 1 amide bonds. The zero-order valence-corrected chi connectivity index (χ0v) is 10.9. The third-order valence-electron chi connectivity index (χ3n) is 3.66. The third kappa shape index (κ3) is 3.09. The largest absolute Gasteiger partial charge is 0.469 e. The standard InChI is InChI=1S/C13H22N2O2/c1-4-13(5-2,8-14)9-15-12(16)11-6-7-17-10(11)3/h6-7H,4-5,8-9,14H2,1-3H3,(H,15,16). The molecule has 0 spiro atoms. The van der Waals surface area contributed by atoms with Crippen molar-refractivity contribution in [3.8, 4) is 0 Å². The van der Waals surface area contributed by atoms with E-state index >= 15 is 0 Å². The molecule has 0 aliphatic heterocycles. The molecule has 0 radical (unpaired) electrons. The van der Waals surface area contributed by atoms with Crippen LogP contribution in [-0.4, -0.2) is 19.0 Å². The molecule has 0 saturated carbocycles. The van der Waals surface area contributed by atoms with Crippen molar-refractivity contribution >= 4 is 5.91 Å². The molecule has 96 valence electrons. The first-order chi connectivity index (χ1) is 8.08. The van der Waals surface area contributed by atoms with Gasteiger partial charge in [-0.3, -0.25) is 4.79 Å². The maximum absolute atomic E-state index is 11.9. The van der Waals surface area contributed by atoms with Gasteiger partial charge in [-0.1, -0.05) is 13.8 Å². The Bertz CT molecular complexity index is 359. The number of aryl methyl sites for hydroxylation is 1. The fourth-order valence-corrected chi connectivity index (χ4v) is 1.84. The van der Waals surface area contributed by atoms with E-state index in [9.17, 15) is 4.79 Å². The Labute approximate surface area is 103 Å². The molecular formula is C13H22N2O2. The molecule has 0 atom stereocenters. The lowest BCUT2D eigenvalue weighted by Gasteiger charge is -2.30. The fourth-order valence-electron chi connectivity index (χ4n) is 1.84. The van der Waals surface area contributed by atoms with Gasteiger partial charge >= 0.3 is 0 Å². The molecule has 1 rings (SSSR count). The number of amides is 1. The van der Waals surface area contributed by atoms with E-state index in [-0.39, 0.29) is 11.3 Å². The topological polar surface area (TPSA) is 68.3 Å². The van der Waals surface area contributed by atoms with Crippen molar-refractivity contribution in [1.29, 1.82) is 0 Å². The molecule has 0 aromatic carbocycles. The second kappa shape index (κ2) is 5.87. The van der Waals surface area contributed by atoms with Gasteiger partial charge in [0.1, 0.15) is 5.76 Å². The Kier molecular flexibility index (Phi) is 4.75. The van der Waals surface area contributed by atoms with Gasteiger partial charge in [-0.15, -0.1) is 0 Å². The average molecular weight is 238 g/mol. The molecular weight excluding hydrogens is 216 g/mol. The van der Waals surface area contributed by atoms with Crippen LogP contribution in [-0.2, 0) is 0 Å². The number of rotatable bonds is 6. The summed E-state index contributed by atoms with van der Waals surface area (Å²) in [7, 11) is 0. The van der Waals surface area contributed by atoms with E-state index in [4.69, 9.17) is 10.2 Å². The molecule has 0 bridgehead atoms. The van der Waals surface area contributed by atoms with Crippen LogP contribution in [0.3, 0.4) is 0 Å². The van der Waals surface area contributed by atoms with Gasteiger partial charge in [0.15, 0.2) is 0 Å². The minimum atomic E-state index is -0.0871. The SMILES string of the molecule is CCC(CC)(CN)CNC(=O)c1ccoc1C. The zero-order chi connectivity index (χ0) is 12.9. The van der Waals surface area contributed by atoms with Crippen molar-refractivity contribution in [3.63, 3.8) is 0 Å². The van der Waals surface area contributed by atoms with Crippen LogP contribution in [0.4, 0.5) is 0 Å². The predicted molar refractivity (Wildman–Crippen MR) is 67.8 cm³/mol. The van der Waals surface area contributed by atoms with E-state index in [1.54, 1.807) is 13.0 Å². The van der Waals surface area contributed by atoms with Gasteiger partial charge in [-0.05, 0) is 37.8 Å². The number of hydrogen-bond acceptors (Lipinski definition) is 3. The lowest BCUT2D eigenvalue weighted by Crippen LogP contribution is -2.41. The van der Waals surface area contributed by atoms with Gasteiger partial charge in [0, 0.05) is 6.54 Å². The molecule has 0 aliphatic carbocycles. The van der Waals surface area contributed by atoms with E-state index in [1.807, 2.05) is 0 Å². The van der Waals surface area contributed by atoms with Crippen LogP contribution in [0.1, 0.15) is 42.8 Å². The molecule has 0 unspecified atom stereocenters. The smallest absolute Gasteiger partial charge is 0.254 e. The highest BCUT2D eigenvalue weighted by atomic mass is 16.3. The van der Waals surface area contributed by atoms with E-state index < -0.39 is 0 Å². The van der Waals surface area contributed by atoms with Crippen LogP contribution in [0, 0.1) is 12.3 Å². The predicted octanol–water partition coefficient (Wildman–Crippen LogP) is 2.08. The van der Waals surface area contributed by atoms with Crippen molar-refractivity contribution in [1.82, 2.24) is 5.32 Å². The van der Waals surface area contributed by atoms with E-state index in [0.29, 0.717) is 24.4 Å². The molecule has 0 aliphatic rings. The zero-order valence-electron chi connectivity index (χ0n) is 10.9. The van der Waals surface area contributed by atoms with Crippen LogP contribution in [0.15, 0.2) is 16.7 Å². The first-order valence-corrected chi connectivity index (χ1v) is 6.11. The Morgan fingerprint density at radius 1 is 1.47 bits per heavy atom. The number of carbonyl (C=O) groups is 1. The second-order valence-electron chi connectivity index (χ2n) is 4.48. The van der Waals surface area contributed by atoms with Crippen LogP contribution in [0.2, 0.25) is 0 Å². The normalized spacial score (nSPS) is 11.5. The second-order valence-corrected chi connectivity index (χ2v) is 4.48. The number of nitrogens with two attached hydrogens (primary N) is 1. The van der Waals surface area contributed by atoms with Gasteiger partial charge < -0.3 is 15.5 Å². The monoisotopic (exact) mass is 238 g/mol. The summed E-state index contributed by atoms with van der Waals surface area (Å²) in [5, 5.41) is 2.94. The molecule has 1 heterocycles. The summed E-state index contributed by atoms with van der Waals surface area (Å²) in [5.41, 5.74) is 6.40. The van der Waals surface area contributed by atoms with Crippen molar-refractivity contribution in [2.75, 3.05) is 13.1 Å². The van der Waals surface area contributed by atoms with Crippen molar-refractivity contribution in [3.05, 3.63) is 23.7 Å². The Hall–Kier alpha value is -1.29. The summed E-state index contributed by atoms with van der Waals surface area (Å²) in [5.74, 6) is 0.560. The maximum atomic E-state index is 11.9. The first kappa shape index (κ1) is 13.8. The van der Waals surface area contributed by atoms with Gasteiger partial charge in [0.05, 0.1) is 11.8 Å². The quantitative estimate of drug-likeness (QED) is 0.797. The van der Waals surface area contributed by atoms with E-state index in [0.717, 1.165) is 12.8 Å². The fraction of sp³-hybridized carbons (Fsp3) is 0.615. The van der Waals surface area contributed by atoms with Gasteiger partial charge in [-0.25, -0.2) is 0 Å². The highest BCUT2D eigenvalue weighted by molar-refractivity contribution is 5.95. The summed E-state index contributed by atoms with van der Waals surface area (Å²) in [6.07, 6.45) is 3.45. The number of nitrogens with one attached hydrogen (secondary N) is 1. The summed E-state index contributed by atoms with van der Waals surface area (Å²) >= 11 is 0. The first-order valence-electron chi connectivity index (χ1n) is 6.11. The summed E-state index contributed by atoms with van der Waals surface area (Å²) in [6.45, 7) is 7.19. The van der Waals surface area contributed by atoms with Crippen molar-refractivity contribution < 1.29 is 9.21 Å². The molecule has 0 fully saturated rings. The Morgan fingerprint density at radius 3 is 2.53 bits per heavy atom. The van der Waals surface area contributed by atoms with Gasteiger partial charge in [-0.2, -0.15) is 0 Å². The highest BCUT2D eigenvalue weighted by Gasteiger charge is 2.25. The summed E-state index contributed by atoms with van der Waals surface area (Å²) in [6, 6.07) is 1.69. The Balaban J connectivity index is 2.62. The van der Waals surface area contributed by atoms with Crippen LogP contribution < -0.4 is 11.1 Å². The molecule has 0 saturated heterocycles. The molecule has 4 nitrogen and oxygen atoms in total. The van der Waals surface area contributed by atoms with Crippen LogP contribution >= 0.6 is 0 Å². The minimum Gasteiger partial charge on any atom is -0.469 e. The van der Waals surface area contributed by atoms with Gasteiger partial charge in [0.25, 0.3) is 5.91 Å². The van der Waals surface area contributed by atoms with Crippen molar-refractivity contribution in [2.24, 2.45) is 11.1 Å². The third-order valence-corrected chi connectivity index (χ3v) is 3.66. The molecule has 1 aromatic heterocycles. The summed E-state index contributed by atoms with van der Waals surface area (Å²) in [4.78, 5) is 11.9.